The van der Waals surface area contributed by atoms with Gasteiger partial charge in [0.2, 0.25) is 5.88 Å². The van der Waals surface area contributed by atoms with Gasteiger partial charge < -0.3 is 4.74 Å². The second kappa shape index (κ2) is 4.14. The molecule has 0 aliphatic heterocycles. The number of pyridine rings is 1. The molecule has 0 saturated carbocycles. The number of rotatable bonds is 2. The van der Waals surface area contributed by atoms with Gasteiger partial charge in [0.05, 0.1) is 29.4 Å². The third kappa shape index (κ3) is 1.76. The Kier molecular flexibility index (Phi) is 2.49. The van der Waals surface area contributed by atoms with Crippen molar-refractivity contribution >= 4 is 22.2 Å². The van der Waals surface area contributed by atoms with Crippen LogP contribution in [-0.4, -0.2) is 17.1 Å². The maximum atomic E-state index is 5.33. The number of aromatic nitrogens is 2. The zero-order valence-corrected chi connectivity index (χ0v) is 10.1. The molecular weight excluding hydrogens is 232 g/mol. The van der Waals surface area contributed by atoms with E-state index in [1.54, 1.807) is 18.4 Å². The number of benzene rings is 1. The van der Waals surface area contributed by atoms with Crippen molar-refractivity contribution < 1.29 is 4.74 Å². The molecule has 3 nitrogen and oxygen atoms in total. The van der Waals surface area contributed by atoms with Crippen LogP contribution >= 0.6 is 11.3 Å². The number of methoxy groups -OCH3 is 1. The highest BCUT2D eigenvalue weighted by Crippen LogP contribution is 2.30. The third-order valence-corrected chi connectivity index (χ3v) is 3.18. The molecule has 0 atom stereocenters. The first kappa shape index (κ1) is 10.2. The summed E-state index contributed by atoms with van der Waals surface area (Å²) in [5, 5.41) is 3.09. The van der Waals surface area contributed by atoms with E-state index >= 15 is 0 Å². The van der Waals surface area contributed by atoms with Crippen LogP contribution in [0, 0.1) is 0 Å². The molecule has 84 valence electrons. The fourth-order valence-corrected chi connectivity index (χ4v) is 2.33. The van der Waals surface area contributed by atoms with Gasteiger partial charge in [-0.2, -0.15) is 0 Å². The highest BCUT2D eigenvalue weighted by molar-refractivity contribution is 7.07. The van der Waals surface area contributed by atoms with E-state index < -0.39 is 0 Å². The Morgan fingerprint density at radius 3 is 2.88 bits per heavy atom. The van der Waals surface area contributed by atoms with Crippen LogP contribution in [0.2, 0.25) is 0 Å². The standard InChI is InChI=1S/C13H10N2OS/c1-16-13-10(12-7-17-8-14-12)6-9-4-2-3-5-11(9)15-13/h2-8H,1H3. The molecule has 3 aromatic rings. The quantitative estimate of drug-likeness (QED) is 0.691. The summed E-state index contributed by atoms with van der Waals surface area (Å²) in [5.41, 5.74) is 4.59. The zero-order valence-electron chi connectivity index (χ0n) is 9.25. The maximum Gasteiger partial charge on any atom is 0.223 e. The van der Waals surface area contributed by atoms with Crippen molar-refractivity contribution in [2.75, 3.05) is 7.11 Å². The van der Waals surface area contributed by atoms with Crippen LogP contribution in [0.15, 0.2) is 41.2 Å². The molecule has 2 aromatic heterocycles. The molecule has 0 N–H and O–H groups in total. The first-order chi connectivity index (χ1) is 8.38. The highest BCUT2D eigenvalue weighted by Gasteiger charge is 2.10. The molecule has 4 heteroatoms. The average Bonchev–Trinajstić information content (AvgIpc) is 2.91. The van der Waals surface area contributed by atoms with Gasteiger partial charge in [0, 0.05) is 10.8 Å². The van der Waals surface area contributed by atoms with Gasteiger partial charge in [0.25, 0.3) is 0 Å². The van der Waals surface area contributed by atoms with E-state index in [9.17, 15) is 0 Å². The predicted octanol–water partition coefficient (Wildman–Crippen LogP) is 3.37. The summed E-state index contributed by atoms with van der Waals surface area (Å²) in [6.07, 6.45) is 0. The Morgan fingerprint density at radius 1 is 1.24 bits per heavy atom. The van der Waals surface area contributed by atoms with Crippen LogP contribution in [0.4, 0.5) is 0 Å². The number of hydrogen-bond acceptors (Lipinski definition) is 4. The molecule has 2 heterocycles. The van der Waals surface area contributed by atoms with Gasteiger partial charge in [0.1, 0.15) is 0 Å². The summed E-state index contributed by atoms with van der Waals surface area (Å²) in [6, 6.07) is 10.1. The molecule has 0 aliphatic rings. The Hall–Kier alpha value is -1.94. The monoisotopic (exact) mass is 242 g/mol. The molecule has 0 fully saturated rings. The minimum absolute atomic E-state index is 0.620. The highest BCUT2D eigenvalue weighted by atomic mass is 32.1. The lowest BCUT2D eigenvalue weighted by Crippen LogP contribution is -1.92. The van der Waals surface area contributed by atoms with Gasteiger partial charge in [-0.25, -0.2) is 9.97 Å². The molecule has 0 saturated heterocycles. The van der Waals surface area contributed by atoms with Gasteiger partial charge in [-0.1, -0.05) is 18.2 Å². The fourth-order valence-electron chi connectivity index (χ4n) is 1.78. The van der Waals surface area contributed by atoms with Gasteiger partial charge >= 0.3 is 0 Å². The van der Waals surface area contributed by atoms with Crippen molar-refractivity contribution in [2.24, 2.45) is 0 Å². The molecule has 0 unspecified atom stereocenters. The molecule has 0 amide bonds. The summed E-state index contributed by atoms with van der Waals surface area (Å²) in [7, 11) is 1.63. The predicted molar refractivity (Wildman–Crippen MR) is 69.4 cm³/mol. The third-order valence-electron chi connectivity index (χ3n) is 2.59. The van der Waals surface area contributed by atoms with Gasteiger partial charge in [-0.05, 0) is 12.1 Å². The zero-order chi connectivity index (χ0) is 11.7. The van der Waals surface area contributed by atoms with Crippen LogP contribution in [-0.2, 0) is 0 Å². The topological polar surface area (TPSA) is 35.0 Å². The minimum atomic E-state index is 0.620. The number of fused-ring (bicyclic) bond motifs is 1. The Labute approximate surface area is 103 Å². The van der Waals surface area contributed by atoms with Crippen molar-refractivity contribution in [1.82, 2.24) is 9.97 Å². The van der Waals surface area contributed by atoms with E-state index in [2.05, 4.69) is 16.0 Å². The van der Waals surface area contributed by atoms with E-state index in [0.29, 0.717) is 5.88 Å². The SMILES string of the molecule is COc1nc2ccccc2cc1-c1cscn1. The summed E-state index contributed by atoms with van der Waals surface area (Å²) in [5.74, 6) is 0.620. The van der Waals surface area contributed by atoms with Crippen LogP contribution in [0.5, 0.6) is 5.88 Å². The van der Waals surface area contributed by atoms with E-state index in [4.69, 9.17) is 4.74 Å². The molecule has 0 aliphatic carbocycles. The number of nitrogens with zero attached hydrogens (tertiary/aromatic N) is 2. The number of para-hydroxylation sites is 1. The molecule has 0 bridgehead atoms. The molecule has 3 rings (SSSR count). The second-order valence-electron chi connectivity index (χ2n) is 3.61. The molecule has 0 radical (unpaired) electrons. The molecule has 17 heavy (non-hydrogen) atoms. The number of ether oxygens (including phenoxy) is 1. The lowest BCUT2D eigenvalue weighted by molar-refractivity contribution is 0.401. The molecule has 1 aromatic carbocycles. The Balaban J connectivity index is 2.29. The summed E-state index contributed by atoms with van der Waals surface area (Å²) >= 11 is 1.56. The van der Waals surface area contributed by atoms with Gasteiger partial charge in [-0.3, -0.25) is 0 Å². The van der Waals surface area contributed by atoms with E-state index in [1.165, 1.54) is 0 Å². The lowest BCUT2D eigenvalue weighted by Gasteiger charge is -2.07. The van der Waals surface area contributed by atoms with Gasteiger partial charge in [-0.15, -0.1) is 11.3 Å². The van der Waals surface area contributed by atoms with Crippen molar-refractivity contribution in [1.29, 1.82) is 0 Å². The lowest BCUT2D eigenvalue weighted by atomic mass is 10.1. The normalized spacial score (nSPS) is 10.6. The van der Waals surface area contributed by atoms with E-state index in [0.717, 1.165) is 22.2 Å². The summed E-state index contributed by atoms with van der Waals surface area (Å²) in [4.78, 5) is 8.79. The number of hydrogen-bond donors (Lipinski definition) is 0. The molecule has 0 spiro atoms. The Bertz CT molecular complexity index is 650. The average molecular weight is 242 g/mol. The van der Waals surface area contributed by atoms with Crippen LogP contribution < -0.4 is 4.74 Å². The van der Waals surface area contributed by atoms with Crippen molar-refractivity contribution in [3.8, 4) is 17.1 Å². The van der Waals surface area contributed by atoms with E-state index in [1.807, 2.05) is 35.2 Å². The van der Waals surface area contributed by atoms with E-state index in [-0.39, 0.29) is 0 Å². The summed E-state index contributed by atoms with van der Waals surface area (Å²) in [6.45, 7) is 0. The molecular formula is C13H10N2OS. The first-order valence-corrected chi connectivity index (χ1v) is 6.15. The fraction of sp³-hybridized carbons (Fsp3) is 0.0769. The van der Waals surface area contributed by atoms with Gasteiger partial charge in [0.15, 0.2) is 0 Å². The number of thiazole rings is 1. The Morgan fingerprint density at radius 2 is 2.12 bits per heavy atom. The van der Waals surface area contributed by atoms with Crippen LogP contribution in [0.1, 0.15) is 0 Å². The van der Waals surface area contributed by atoms with Crippen LogP contribution in [0.3, 0.4) is 0 Å². The van der Waals surface area contributed by atoms with Crippen molar-refractivity contribution in [3.05, 3.63) is 41.2 Å². The largest absolute Gasteiger partial charge is 0.480 e. The van der Waals surface area contributed by atoms with Crippen molar-refractivity contribution in [2.45, 2.75) is 0 Å². The first-order valence-electron chi connectivity index (χ1n) is 5.21. The smallest absolute Gasteiger partial charge is 0.223 e. The minimum Gasteiger partial charge on any atom is -0.480 e. The van der Waals surface area contributed by atoms with Crippen LogP contribution in [0.25, 0.3) is 22.2 Å². The summed E-state index contributed by atoms with van der Waals surface area (Å²) < 4.78 is 5.33. The second-order valence-corrected chi connectivity index (χ2v) is 4.33. The van der Waals surface area contributed by atoms with Crippen molar-refractivity contribution in [3.63, 3.8) is 0 Å². The maximum absolute atomic E-state index is 5.33.